The Balaban J connectivity index is 1.41. The van der Waals surface area contributed by atoms with Gasteiger partial charge in [0.05, 0.1) is 18.1 Å². The van der Waals surface area contributed by atoms with E-state index >= 15 is 0 Å². The minimum absolute atomic E-state index is 0.0302. The van der Waals surface area contributed by atoms with Crippen LogP contribution in [0.15, 0.2) is 30.9 Å². The molecule has 1 saturated heterocycles. The normalized spacial score (nSPS) is 21.1. The van der Waals surface area contributed by atoms with Crippen LogP contribution < -0.4 is 0 Å². The summed E-state index contributed by atoms with van der Waals surface area (Å²) in [4.78, 5) is 29.7. The highest BCUT2D eigenvalue weighted by atomic mass is 16.2. The van der Waals surface area contributed by atoms with Crippen LogP contribution in [0.3, 0.4) is 0 Å². The van der Waals surface area contributed by atoms with Gasteiger partial charge in [-0.3, -0.25) is 9.78 Å². The largest absolute Gasteiger partial charge is 0.348 e. The number of piperidine rings is 1. The van der Waals surface area contributed by atoms with E-state index in [0.717, 1.165) is 57.6 Å². The van der Waals surface area contributed by atoms with Crippen molar-refractivity contribution in [1.29, 1.82) is 0 Å². The van der Waals surface area contributed by atoms with Crippen LogP contribution in [0.1, 0.15) is 49.7 Å². The van der Waals surface area contributed by atoms with Gasteiger partial charge in [0.2, 0.25) is 5.91 Å². The molecule has 150 valence electrons. The Morgan fingerprint density at radius 1 is 1.29 bits per heavy atom. The van der Waals surface area contributed by atoms with Crippen LogP contribution in [0.2, 0.25) is 0 Å². The molecule has 1 atom stereocenters. The first-order valence-electron chi connectivity index (χ1n) is 10.6. The quantitative estimate of drug-likeness (QED) is 0.865. The first kappa shape index (κ1) is 19.1. The topological polar surface area (TPSA) is 65.1 Å². The van der Waals surface area contributed by atoms with Gasteiger partial charge in [-0.2, -0.15) is 0 Å². The van der Waals surface area contributed by atoms with Crippen LogP contribution in [0.4, 0.5) is 0 Å². The molecule has 0 aliphatic carbocycles. The number of hydrogen-bond donors (Lipinski definition) is 1. The van der Waals surface area contributed by atoms with E-state index in [4.69, 9.17) is 0 Å². The first-order chi connectivity index (χ1) is 13.6. The van der Waals surface area contributed by atoms with Crippen molar-refractivity contribution in [3.63, 3.8) is 0 Å². The third kappa shape index (κ3) is 3.97. The molecule has 1 unspecified atom stereocenters. The van der Waals surface area contributed by atoms with Gasteiger partial charge < -0.3 is 14.8 Å². The standard InChI is InChI=1S/C22H31N5O/c1-16(2)22(28)27-13-8-19-20(25-15-24-19)21(27)18-6-11-26(12-7-18)10-5-17-4-3-9-23-14-17/h3-4,9,14-16,18,21H,5-8,10-13H2,1-2H3,(H,24,25). The SMILES string of the molecule is CC(C)C(=O)N1CCc2[nH]cnc2C1C1CCN(CCc2cccnc2)CC1. The summed E-state index contributed by atoms with van der Waals surface area (Å²) in [6, 6.07) is 4.29. The lowest BCUT2D eigenvalue weighted by atomic mass is 9.83. The number of carbonyl (C=O) groups is 1. The Labute approximate surface area is 167 Å². The van der Waals surface area contributed by atoms with Crippen molar-refractivity contribution in [3.8, 4) is 0 Å². The maximum absolute atomic E-state index is 12.9. The van der Waals surface area contributed by atoms with Crippen molar-refractivity contribution in [3.05, 3.63) is 47.8 Å². The lowest BCUT2D eigenvalue weighted by molar-refractivity contribution is -0.139. The van der Waals surface area contributed by atoms with Gasteiger partial charge in [0.25, 0.3) is 0 Å². The molecule has 1 fully saturated rings. The Bertz CT molecular complexity index is 779. The van der Waals surface area contributed by atoms with Gasteiger partial charge in [-0.15, -0.1) is 0 Å². The van der Waals surface area contributed by atoms with Crippen molar-refractivity contribution in [1.82, 2.24) is 24.8 Å². The summed E-state index contributed by atoms with van der Waals surface area (Å²) < 4.78 is 0. The number of aromatic amines is 1. The number of hydrogen-bond acceptors (Lipinski definition) is 4. The average molecular weight is 382 g/mol. The van der Waals surface area contributed by atoms with Crippen molar-refractivity contribution < 1.29 is 4.79 Å². The second-order valence-corrected chi connectivity index (χ2v) is 8.44. The van der Waals surface area contributed by atoms with Gasteiger partial charge in [0, 0.05) is 43.5 Å². The van der Waals surface area contributed by atoms with Gasteiger partial charge in [0.15, 0.2) is 0 Å². The average Bonchev–Trinajstić information content (AvgIpc) is 3.21. The van der Waals surface area contributed by atoms with E-state index < -0.39 is 0 Å². The van der Waals surface area contributed by atoms with Gasteiger partial charge >= 0.3 is 0 Å². The van der Waals surface area contributed by atoms with Crippen molar-refractivity contribution >= 4 is 5.91 Å². The smallest absolute Gasteiger partial charge is 0.225 e. The summed E-state index contributed by atoms with van der Waals surface area (Å²) in [5.74, 6) is 0.778. The molecule has 2 aliphatic rings. The Morgan fingerprint density at radius 3 is 2.82 bits per heavy atom. The van der Waals surface area contributed by atoms with Crippen molar-refractivity contribution in [2.24, 2.45) is 11.8 Å². The van der Waals surface area contributed by atoms with E-state index in [0.29, 0.717) is 5.92 Å². The summed E-state index contributed by atoms with van der Waals surface area (Å²) in [5.41, 5.74) is 3.62. The third-order valence-corrected chi connectivity index (χ3v) is 6.27. The zero-order valence-electron chi connectivity index (χ0n) is 17.0. The fraction of sp³-hybridized carbons (Fsp3) is 0.591. The maximum Gasteiger partial charge on any atom is 0.225 e. The molecule has 0 bridgehead atoms. The third-order valence-electron chi connectivity index (χ3n) is 6.27. The Morgan fingerprint density at radius 2 is 2.11 bits per heavy atom. The van der Waals surface area contributed by atoms with E-state index in [-0.39, 0.29) is 17.9 Å². The molecule has 0 radical (unpaired) electrons. The number of nitrogens with one attached hydrogen (secondary N) is 1. The van der Waals surface area contributed by atoms with Crippen molar-refractivity contribution in [2.75, 3.05) is 26.2 Å². The second-order valence-electron chi connectivity index (χ2n) is 8.44. The first-order valence-corrected chi connectivity index (χ1v) is 10.6. The van der Waals surface area contributed by atoms with Gasteiger partial charge in [0.1, 0.15) is 0 Å². The highest BCUT2D eigenvalue weighted by molar-refractivity contribution is 5.79. The summed E-state index contributed by atoms with van der Waals surface area (Å²) in [7, 11) is 0. The molecule has 4 heterocycles. The summed E-state index contributed by atoms with van der Waals surface area (Å²) >= 11 is 0. The lowest BCUT2D eigenvalue weighted by Gasteiger charge is -2.43. The summed E-state index contributed by atoms with van der Waals surface area (Å²) in [5, 5.41) is 0. The minimum Gasteiger partial charge on any atom is -0.348 e. The number of nitrogens with zero attached hydrogens (tertiary/aromatic N) is 4. The van der Waals surface area contributed by atoms with Gasteiger partial charge in [-0.1, -0.05) is 19.9 Å². The molecule has 0 aromatic carbocycles. The number of H-pyrrole nitrogens is 1. The highest BCUT2D eigenvalue weighted by Gasteiger charge is 2.39. The monoisotopic (exact) mass is 381 g/mol. The molecule has 1 amide bonds. The Hall–Kier alpha value is -2.21. The molecule has 6 heteroatoms. The van der Waals surface area contributed by atoms with E-state index in [9.17, 15) is 4.79 Å². The maximum atomic E-state index is 12.9. The molecule has 2 aromatic heterocycles. The molecule has 0 saturated carbocycles. The lowest BCUT2D eigenvalue weighted by Crippen LogP contribution is -2.47. The van der Waals surface area contributed by atoms with E-state index in [1.54, 1.807) is 6.33 Å². The fourth-order valence-corrected chi connectivity index (χ4v) is 4.69. The van der Waals surface area contributed by atoms with Gasteiger partial charge in [-0.05, 0) is 49.9 Å². The number of pyridine rings is 1. The molecule has 2 aromatic rings. The van der Waals surface area contributed by atoms with E-state index in [1.807, 2.05) is 32.3 Å². The number of carbonyl (C=O) groups excluding carboxylic acids is 1. The number of imidazole rings is 1. The number of rotatable bonds is 5. The Kier molecular flexibility index (Phi) is 5.76. The molecule has 6 nitrogen and oxygen atoms in total. The molecular formula is C22H31N5O. The van der Waals surface area contributed by atoms with Gasteiger partial charge in [-0.25, -0.2) is 4.98 Å². The van der Waals surface area contributed by atoms with Crippen LogP contribution in [-0.4, -0.2) is 56.8 Å². The minimum atomic E-state index is 0.0302. The zero-order valence-corrected chi connectivity index (χ0v) is 17.0. The van der Waals surface area contributed by atoms with E-state index in [1.165, 1.54) is 11.3 Å². The summed E-state index contributed by atoms with van der Waals surface area (Å²) in [6.07, 6.45) is 9.75. The predicted octanol–water partition coefficient (Wildman–Crippen LogP) is 2.84. The van der Waals surface area contributed by atoms with E-state index in [2.05, 4.69) is 30.8 Å². The second kappa shape index (κ2) is 8.43. The molecule has 1 N–H and O–H groups in total. The highest BCUT2D eigenvalue weighted by Crippen LogP contribution is 2.39. The fourth-order valence-electron chi connectivity index (χ4n) is 4.69. The van der Waals surface area contributed by atoms with Crippen LogP contribution in [0.25, 0.3) is 0 Å². The number of aromatic nitrogens is 3. The van der Waals surface area contributed by atoms with Crippen LogP contribution >= 0.6 is 0 Å². The number of fused-ring (bicyclic) bond motifs is 1. The molecule has 0 spiro atoms. The predicted molar refractivity (Wildman–Crippen MR) is 109 cm³/mol. The summed E-state index contributed by atoms with van der Waals surface area (Å²) in [6.45, 7) is 8.06. The molecular weight excluding hydrogens is 350 g/mol. The number of amides is 1. The van der Waals surface area contributed by atoms with Crippen LogP contribution in [0, 0.1) is 11.8 Å². The molecule has 28 heavy (non-hydrogen) atoms. The zero-order chi connectivity index (χ0) is 19.5. The number of likely N-dealkylation sites (tertiary alicyclic amines) is 1. The van der Waals surface area contributed by atoms with Crippen LogP contribution in [0.5, 0.6) is 0 Å². The van der Waals surface area contributed by atoms with Crippen LogP contribution in [-0.2, 0) is 17.6 Å². The van der Waals surface area contributed by atoms with Crippen molar-refractivity contribution in [2.45, 2.75) is 45.6 Å². The molecule has 4 rings (SSSR count). The molecule has 2 aliphatic heterocycles.